The Balaban J connectivity index is 1.53. The zero-order chi connectivity index (χ0) is 21.4. The van der Waals surface area contributed by atoms with E-state index in [9.17, 15) is 13.2 Å². The number of benzene rings is 2. The van der Waals surface area contributed by atoms with Crippen molar-refractivity contribution in [3.63, 3.8) is 0 Å². The SMILES string of the molecule is CCOc1ccc(S(=O)(=O)Nc2ccc(C(=O)NCCCn3ccnc3)cc2)cc1. The Labute approximate surface area is 176 Å². The zero-order valence-corrected chi connectivity index (χ0v) is 17.4. The van der Waals surface area contributed by atoms with E-state index in [2.05, 4.69) is 15.0 Å². The van der Waals surface area contributed by atoms with Crippen LogP contribution in [0.1, 0.15) is 23.7 Å². The molecule has 2 aromatic carbocycles. The third kappa shape index (κ3) is 5.84. The lowest BCUT2D eigenvalue weighted by molar-refractivity contribution is 0.0952. The summed E-state index contributed by atoms with van der Waals surface area (Å²) in [5.41, 5.74) is 0.835. The lowest BCUT2D eigenvalue weighted by Crippen LogP contribution is -2.25. The standard InChI is InChI=1S/C21H24N4O4S/c1-2-29-19-8-10-20(11-9-19)30(27,28)24-18-6-4-17(5-7-18)21(26)23-12-3-14-25-15-13-22-16-25/h4-11,13,15-16,24H,2-3,12,14H2,1H3,(H,23,26). The van der Waals surface area contributed by atoms with Gasteiger partial charge < -0.3 is 14.6 Å². The largest absolute Gasteiger partial charge is 0.494 e. The number of hydrogen-bond acceptors (Lipinski definition) is 5. The van der Waals surface area contributed by atoms with Gasteiger partial charge in [0.25, 0.3) is 15.9 Å². The van der Waals surface area contributed by atoms with E-state index in [0.29, 0.717) is 30.2 Å². The van der Waals surface area contributed by atoms with E-state index in [1.807, 2.05) is 17.7 Å². The molecule has 0 atom stereocenters. The van der Waals surface area contributed by atoms with Crippen molar-refractivity contribution < 1.29 is 17.9 Å². The van der Waals surface area contributed by atoms with Crippen LogP contribution < -0.4 is 14.8 Å². The Hall–Kier alpha value is -3.33. The number of hydrogen-bond donors (Lipinski definition) is 2. The van der Waals surface area contributed by atoms with Gasteiger partial charge in [-0.25, -0.2) is 13.4 Å². The van der Waals surface area contributed by atoms with E-state index >= 15 is 0 Å². The number of ether oxygens (including phenoxy) is 1. The van der Waals surface area contributed by atoms with Gasteiger partial charge in [0, 0.05) is 36.7 Å². The van der Waals surface area contributed by atoms with Gasteiger partial charge in [-0.3, -0.25) is 9.52 Å². The van der Waals surface area contributed by atoms with Crippen LogP contribution in [0.3, 0.4) is 0 Å². The maximum Gasteiger partial charge on any atom is 0.261 e. The van der Waals surface area contributed by atoms with E-state index in [1.54, 1.807) is 48.9 Å². The molecule has 0 aliphatic carbocycles. The molecule has 0 fully saturated rings. The molecule has 1 aromatic heterocycles. The molecule has 3 rings (SSSR count). The number of nitrogens with zero attached hydrogens (tertiary/aromatic N) is 2. The van der Waals surface area contributed by atoms with Gasteiger partial charge in [0.05, 0.1) is 17.8 Å². The van der Waals surface area contributed by atoms with Crippen LogP contribution in [0.15, 0.2) is 72.1 Å². The summed E-state index contributed by atoms with van der Waals surface area (Å²) in [5, 5.41) is 2.85. The fourth-order valence-electron chi connectivity index (χ4n) is 2.77. The van der Waals surface area contributed by atoms with Crippen molar-refractivity contribution in [2.75, 3.05) is 17.9 Å². The van der Waals surface area contributed by atoms with Gasteiger partial charge in [-0.15, -0.1) is 0 Å². The molecule has 0 saturated heterocycles. The van der Waals surface area contributed by atoms with E-state index in [0.717, 1.165) is 13.0 Å². The highest BCUT2D eigenvalue weighted by molar-refractivity contribution is 7.92. The number of carbonyl (C=O) groups excluding carboxylic acids is 1. The number of sulfonamides is 1. The van der Waals surface area contributed by atoms with Gasteiger partial charge in [0.1, 0.15) is 5.75 Å². The molecule has 0 aliphatic rings. The van der Waals surface area contributed by atoms with Crippen LogP contribution in [0.25, 0.3) is 0 Å². The number of carbonyl (C=O) groups is 1. The highest BCUT2D eigenvalue weighted by atomic mass is 32.2. The summed E-state index contributed by atoms with van der Waals surface area (Å²) in [5.74, 6) is 0.401. The average Bonchev–Trinajstić information content (AvgIpc) is 3.25. The first kappa shape index (κ1) is 21.4. The second-order valence-corrected chi connectivity index (χ2v) is 8.18. The van der Waals surface area contributed by atoms with Gasteiger partial charge in [-0.05, 0) is 61.9 Å². The maximum atomic E-state index is 12.5. The van der Waals surface area contributed by atoms with Crippen LogP contribution >= 0.6 is 0 Å². The van der Waals surface area contributed by atoms with E-state index in [1.165, 1.54) is 12.1 Å². The molecule has 0 unspecified atom stereocenters. The van der Waals surface area contributed by atoms with Crippen LogP contribution in [0, 0.1) is 0 Å². The number of rotatable bonds is 10. The first-order chi connectivity index (χ1) is 14.5. The van der Waals surface area contributed by atoms with E-state index in [-0.39, 0.29) is 10.8 Å². The number of amides is 1. The molecule has 1 amide bonds. The van der Waals surface area contributed by atoms with Crippen LogP contribution in [0.2, 0.25) is 0 Å². The third-order valence-corrected chi connectivity index (χ3v) is 5.68. The molecule has 0 aliphatic heterocycles. The Kier molecular flexibility index (Phi) is 7.08. The van der Waals surface area contributed by atoms with Crippen molar-refractivity contribution in [2.45, 2.75) is 24.8 Å². The zero-order valence-electron chi connectivity index (χ0n) is 16.6. The second kappa shape index (κ2) is 9.93. The van der Waals surface area contributed by atoms with Gasteiger partial charge in [0.2, 0.25) is 0 Å². The number of imidazole rings is 1. The molecule has 30 heavy (non-hydrogen) atoms. The normalized spacial score (nSPS) is 11.1. The Morgan fingerprint density at radius 3 is 2.47 bits per heavy atom. The van der Waals surface area contributed by atoms with Gasteiger partial charge >= 0.3 is 0 Å². The molecule has 8 nitrogen and oxygen atoms in total. The minimum atomic E-state index is -3.73. The van der Waals surface area contributed by atoms with Crippen LogP contribution in [-0.2, 0) is 16.6 Å². The maximum absolute atomic E-state index is 12.5. The lowest BCUT2D eigenvalue weighted by Gasteiger charge is -2.10. The van der Waals surface area contributed by atoms with Crippen LogP contribution in [-0.4, -0.2) is 37.0 Å². The van der Waals surface area contributed by atoms with Crippen molar-refractivity contribution in [2.24, 2.45) is 0 Å². The van der Waals surface area contributed by atoms with Crippen molar-refractivity contribution in [1.82, 2.24) is 14.9 Å². The van der Waals surface area contributed by atoms with Crippen molar-refractivity contribution >= 4 is 21.6 Å². The fourth-order valence-corrected chi connectivity index (χ4v) is 3.83. The summed E-state index contributed by atoms with van der Waals surface area (Å²) >= 11 is 0. The molecule has 0 saturated carbocycles. The first-order valence-corrected chi connectivity index (χ1v) is 11.1. The minimum absolute atomic E-state index is 0.130. The molecule has 3 aromatic rings. The van der Waals surface area contributed by atoms with Crippen LogP contribution in [0.4, 0.5) is 5.69 Å². The van der Waals surface area contributed by atoms with E-state index < -0.39 is 10.0 Å². The molecular weight excluding hydrogens is 404 g/mol. The summed E-state index contributed by atoms with van der Waals surface area (Å²) in [6.45, 7) is 3.67. The predicted molar refractivity (Wildman–Crippen MR) is 114 cm³/mol. The first-order valence-electron chi connectivity index (χ1n) is 9.57. The second-order valence-electron chi connectivity index (χ2n) is 6.50. The highest BCUT2D eigenvalue weighted by Gasteiger charge is 2.14. The molecule has 158 valence electrons. The Morgan fingerprint density at radius 1 is 1.10 bits per heavy atom. The number of anilines is 1. The number of aryl methyl sites for hydroxylation is 1. The minimum Gasteiger partial charge on any atom is -0.494 e. The van der Waals surface area contributed by atoms with E-state index in [4.69, 9.17) is 4.74 Å². The summed E-state index contributed by atoms with van der Waals surface area (Å²) in [6.07, 6.45) is 6.09. The summed E-state index contributed by atoms with van der Waals surface area (Å²) in [6, 6.07) is 12.5. The Morgan fingerprint density at radius 2 is 1.83 bits per heavy atom. The summed E-state index contributed by atoms with van der Waals surface area (Å²) in [7, 11) is -3.73. The average molecular weight is 429 g/mol. The topological polar surface area (TPSA) is 102 Å². The molecular formula is C21H24N4O4S. The Bertz CT molecular complexity index is 1050. The number of nitrogens with one attached hydrogen (secondary N) is 2. The van der Waals surface area contributed by atoms with Crippen molar-refractivity contribution in [3.05, 3.63) is 72.8 Å². The van der Waals surface area contributed by atoms with Crippen LogP contribution in [0.5, 0.6) is 5.75 Å². The smallest absolute Gasteiger partial charge is 0.261 e. The monoisotopic (exact) mass is 428 g/mol. The summed E-state index contributed by atoms with van der Waals surface area (Å²) in [4.78, 5) is 16.3. The molecule has 2 N–H and O–H groups in total. The van der Waals surface area contributed by atoms with Crippen molar-refractivity contribution in [3.8, 4) is 5.75 Å². The molecule has 0 radical (unpaired) electrons. The quantitative estimate of drug-likeness (QED) is 0.484. The predicted octanol–water partition coefficient (Wildman–Crippen LogP) is 2.90. The van der Waals surface area contributed by atoms with Crippen molar-refractivity contribution in [1.29, 1.82) is 0 Å². The van der Waals surface area contributed by atoms with Gasteiger partial charge in [-0.2, -0.15) is 0 Å². The molecule has 9 heteroatoms. The third-order valence-electron chi connectivity index (χ3n) is 4.28. The van der Waals surface area contributed by atoms with Gasteiger partial charge in [0.15, 0.2) is 0 Å². The molecule has 0 spiro atoms. The highest BCUT2D eigenvalue weighted by Crippen LogP contribution is 2.19. The fraction of sp³-hybridized carbons (Fsp3) is 0.238. The molecule has 1 heterocycles. The lowest BCUT2D eigenvalue weighted by atomic mass is 10.2. The summed E-state index contributed by atoms with van der Waals surface area (Å²) < 4.78 is 34.8. The van der Waals surface area contributed by atoms with Gasteiger partial charge in [-0.1, -0.05) is 0 Å². The molecule has 0 bridgehead atoms. The number of aromatic nitrogens is 2.